The van der Waals surface area contributed by atoms with Gasteiger partial charge in [0, 0.05) is 46.1 Å². The Kier molecular flexibility index (Phi) is 17.5. The Morgan fingerprint density at radius 1 is 0.911 bits per heavy atom. The second kappa shape index (κ2) is 21.3. The number of amides is 1. The van der Waals surface area contributed by atoms with Crippen molar-refractivity contribution in [3.8, 4) is 0 Å². The summed E-state index contributed by atoms with van der Waals surface area (Å²) < 4.78 is 30.2. The third-order valence-electron chi connectivity index (χ3n) is 12.7. The van der Waals surface area contributed by atoms with E-state index in [0.717, 1.165) is 5.57 Å². The topological polar surface area (TPSA) is 158 Å². The van der Waals surface area contributed by atoms with Crippen molar-refractivity contribution in [1.29, 1.82) is 0 Å². The van der Waals surface area contributed by atoms with E-state index in [-0.39, 0.29) is 48.7 Å². The maximum Gasteiger partial charge on any atom is 0.329 e. The lowest BCUT2D eigenvalue weighted by molar-refractivity contribution is -0.199. The predicted molar refractivity (Wildman–Crippen MR) is 211 cm³/mol. The van der Waals surface area contributed by atoms with Gasteiger partial charge in [0.1, 0.15) is 30.1 Å². The van der Waals surface area contributed by atoms with Gasteiger partial charge in [-0.15, -0.1) is 6.58 Å². The highest BCUT2D eigenvalue weighted by Crippen LogP contribution is 2.35. The molecule has 2 N–H and O–H groups in total. The SMILES string of the molecule is C=CCC1C=C(C)CC(C)CC(OC)C2OC(C(=O)C(=O)N3CCCCC3C(=O)OC(C(C)=CC3CCC(O)C(OC)C3)C(C)C(O)CC1=O)C(C)CC2OC. The van der Waals surface area contributed by atoms with Crippen molar-refractivity contribution in [3.63, 3.8) is 0 Å². The van der Waals surface area contributed by atoms with Crippen LogP contribution < -0.4 is 0 Å². The second-order valence-electron chi connectivity index (χ2n) is 17.1. The van der Waals surface area contributed by atoms with Crippen LogP contribution in [0, 0.1) is 29.6 Å². The summed E-state index contributed by atoms with van der Waals surface area (Å²) in [4.78, 5) is 57.8. The molecule has 0 aromatic heterocycles. The molecule has 1 saturated carbocycles. The summed E-state index contributed by atoms with van der Waals surface area (Å²) in [5.41, 5.74) is 1.70. The van der Waals surface area contributed by atoms with Gasteiger partial charge in [0.2, 0.25) is 5.78 Å². The second-order valence-corrected chi connectivity index (χ2v) is 17.1. The van der Waals surface area contributed by atoms with Crippen LogP contribution in [-0.2, 0) is 42.9 Å². The molecule has 56 heavy (non-hydrogen) atoms. The number of allylic oxidation sites excluding steroid dienone is 4. The maximum absolute atomic E-state index is 14.3. The van der Waals surface area contributed by atoms with Gasteiger partial charge in [-0.1, -0.05) is 44.6 Å². The summed E-state index contributed by atoms with van der Waals surface area (Å²) in [6.45, 7) is 13.7. The number of rotatable bonds is 7. The van der Waals surface area contributed by atoms with E-state index in [9.17, 15) is 29.4 Å². The molecule has 0 spiro atoms. The van der Waals surface area contributed by atoms with Gasteiger partial charge in [0.15, 0.2) is 0 Å². The van der Waals surface area contributed by atoms with Crippen molar-refractivity contribution in [2.75, 3.05) is 27.9 Å². The molecule has 0 radical (unpaired) electrons. The summed E-state index contributed by atoms with van der Waals surface area (Å²) in [6.07, 6.45) is 5.60. The van der Waals surface area contributed by atoms with Crippen LogP contribution in [0.2, 0.25) is 0 Å². The number of piperidine rings is 1. The van der Waals surface area contributed by atoms with Gasteiger partial charge in [-0.2, -0.15) is 0 Å². The summed E-state index contributed by atoms with van der Waals surface area (Å²) >= 11 is 0. The van der Waals surface area contributed by atoms with E-state index in [0.29, 0.717) is 69.8 Å². The molecule has 316 valence electrons. The molecule has 4 aliphatic rings. The molecule has 12 heteroatoms. The Labute approximate surface area is 334 Å². The number of aliphatic hydroxyl groups is 2. The average molecular weight is 788 g/mol. The van der Waals surface area contributed by atoms with E-state index in [2.05, 4.69) is 13.5 Å². The van der Waals surface area contributed by atoms with E-state index in [1.54, 1.807) is 34.3 Å². The first-order valence-corrected chi connectivity index (χ1v) is 20.8. The minimum Gasteiger partial charge on any atom is -0.456 e. The lowest BCUT2D eigenvalue weighted by atomic mass is 9.81. The van der Waals surface area contributed by atoms with Crippen molar-refractivity contribution in [3.05, 3.63) is 36.0 Å². The highest BCUT2D eigenvalue weighted by molar-refractivity contribution is 6.38. The molecule has 2 bridgehead atoms. The molecule has 12 nitrogen and oxygen atoms in total. The Morgan fingerprint density at radius 2 is 1.59 bits per heavy atom. The van der Waals surface area contributed by atoms with Gasteiger partial charge < -0.3 is 38.8 Å². The number of carbonyl (C=O) groups excluding carboxylic acids is 4. The van der Waals surface area contributed by atoms with E-state index < -0.39 is 72.2 Å². The normalized spacial score (nSPS) is 39.2. The van der Waals surface area contributed by atoms with Crippen LogP contribution >= 0.6 is 0 Å². The fourth-order valence-corrected chi connectivity index (χ4v) is 9.43. The standard InChI is InChI=1S/C44H69NO11/c1-10-13-31-19-25(2)18-26(3)20-37(53-8)42-38(54-9)22-28(5)41(55-42)39(49)43(50)45-17-12-11-14-32(45)44(51)56-40(29(6)34(47)24-35(31)48)27(4)21-30-15-16-33(46)36(23-30)52-7/h10,19,21,26,28-34,36-38,40-42,46-47H,1,11-18,20,22-24H2,2-9H3. The minimum absolute atomic E-state index is 0.0211. The van der Waals surface area contributed by atoms with E-state index >= 15 is 0 Å². The highest BCUT2D eigenvalue weighted by Gasteiger charge is 2.48. The summed E-state index contributed by atoms with van der Waals surface area (Å²) in [5, 5.41) is 22.1. The number of ketones is 2. The van der Waals surface area contributed by atoms with E-state index in [4.69, 9.17) is 23.7 Å². The summed E-state index contributed by atoms with van der Waals surface area (Å²) in [5.74, 6) is -3.71. The molecule has 3 aliphatic heterocycles. The number of hydrogen-bond donors (Lipinski definition) is 2. The van der Waals surface area contributed by atoms with Crippen molar-refractivity contribution < 1.29 is 53.1 Å². The lowest BCUT2D eigenvalue weighted by Crippen LogP contribution is -2.58. The molecule has 14 atom stereocenters. The highest BCUT2D eigenvalue weighted by atomic mass is 16.6. The van der Waals surface area contributed by atoms with Crippen LogP contribution in [0.25, 0.3) is 0 Å². The molecule has 3 fully saturated rings. The number of Topliss-reactive ketones (excluding diaryl/α,β-unsaturated/α-hetero) is 2. The van der Waals surface area contributed by atoms with Crippen LogP contribution in [-0.4, -0.2) is 121 Å². The zero-order valence-corrected chi connectivity index (χ0v) is 35.0. The Bertz CT molecular complexity index is 1430. The van der Waals surface area contributed by atoms with E-state index in [1.165, 1.54) is 4.90 Å². The first-order valence-electron chi connectivity index (χ1n) is 20.8. The van der Waals surface area contributed by atoms with Gasteiger partial charge in [-0.3, -0.25) is 14.4 Å². The van der Waals surface area contributed by atoms with Gasteiger partial charge >= 0.3 is 5.97 Å². The van der Waals surface area contributed by atoms with Gasteiger partial charge in [-0.25, -0.2) is 4.79 Å². The predicted octanol–water partition coefficient (Wildman–Crippen LogP) is 5.32. The maximum atomic E-state index is 14.3. The fraction of sp³-hybridized carbons (Fsp3) is 0.773. The van der Waals surface area contributed by atoms with Gasteiger partial charge in [0.25, 0.3) is 5.91 Å². The molecule has 4 rings (SSSR count). The Morgan fingerprint density at radius 3 is 2.25 bits per heavy atom. The number of aliphatic hydroxyl groups excluding tert-OH is 2. The summed E-state index contributed by atoms with van der Waals surface area (Å²) in [7, 11) is 4.79. The quantitative estimate of drug-likeness (QED) is 0.196. The molecule has 0 aromatic carbocycles. The number of ether oxygens (including phenoxy) is 5. The molecule has 2 saturated heterocycles. The van der Waals surface area contributed by atoms with Crippen LogP contribution in [0.3, 0.4) is 0 Å². The molecule has 1 aliphatic carbocycles. The third kappa shape index (κ3) is 11.5. The number of nitrogens with zero attached hydrogens (tertiary/aromatic N) is 1. The molecular formula is C44H69NO11. The van der Waals surface area contributed by atoms with Crippen LogP contribution in [0.1, 0.15) is 105 Å². The first kappa shape index (κ1) is 46.0. The van der Waals surface area contributed by atoms with Gasteiger partial charge in [-0.05, 0) is 101 Å². The number of fused-ring (bicyclic) bond motifs is 3. The zero-order chi connectivity index (χ0) is 41.3. The first-order chi connectivity index (χ1) is 26.6. The Balaban J connectivity index is 1.75. The lowest BCUT2D eigenvalue weighted by Gasteiger charge is -2.43. The van der Waals surface area contributed by atoms with Crippen LogP contribution in [0.5, 0.6) is 0 Å². The minimum atomic E-state index is -1.16. The summed E-state index contributed by atoms with van der Waals surface area (Å²) in [6, 6.07) is -1.02. The monoisotopic (exact) mass is 787 g/mol. The molecule has 0 aromatic rings. The molecule has 3 heterocycles. The number of hydrogen-bond acceptors (Lipinski definition) is 11. The fourth-order valence-electron chi connectivity index (χ4n) is 9.43. The van der Waals surface area contributed by atoms with Crippen LogP contribution in [0.15, 0.2) is 36.0 Å². The van der Waals surface area contributed by atoms with Crippen molar-refractivity contribution in [1.82, 2.24) is 4.90 Å². The zero-order valence-electron chi connectivity index (χ0n) is 35.0. The smallest absolute Gasteiger partial charge is 0.329 e. The number of cyclic esters (lactones) is 1. The number of methoxy groups -OCH3 is 3. The molecular weight excluding hydrogens is 718 g/mol. The van der Waals surface area contributed by atoms with E-state index in [1.807, 2.05) is 32.9 Å². The van der Waals surface area contributed by atoms with Crippen molar-refractivity contribution >= 4 is 23.4 Å². The number of carbonyl (C=O) groups is 4. The molecule has 1 amide bonds. The largest absolute Gasteiger partial charge is 0.456 e. The van der Waals surface area contributed by atoms with Crippen molar-refractivity contribution in [2.24, 2.45) is 29.6 Å². The number of esters is 1. The Hall–Kier alpha value is -2.74. The van der Waals surface area contributed by atoms with Gasteiger partial charge in [0.05, 0.1) is 30.5 Å². The molecule has 14 unspecified atom stereocenters. The average Bonchev–Trinajstić information content (AvgIpc) is 3.18. The third-order valence-corrected chi connectivity index (χ3v) is 12.7. The van der Waals surface area contributed by atoms with Crippen LogP contribution in [0.4, 0.5) is 0 Å². The van der Waals surface area contributed by atoms with Crippen molar-refractivity contribution in [2.45, 2.75) is 160 Å².